The number of ether oxygens (including phenoxy) is 1. The van der Waals surface area contributed by atoms with Crippen LogP contribution in [0.4, 0.5) is 5.82 Å². The lowest BCUT2D eigenvalue weighted by atomic mass is 10.1. The summed E-state index contributed by atoms with van der Waals surface area (Å²) in [6.07, 6.45) is 3.65. The third-order valence-electron chi connectivity index (χ3n) is 2.72. The van der Waals surface area contributed by atoms with Gasteiger partial charge in [-0.1, -0.05) is 0 Å². The first-order valence-electron chi connectivity index (χ1n) is 5.40. The lowest BCUT2D eigenvalue weighted by Crippen LogP contribution is -2.07. The van der Waals surface area contributed by atoms with Gasteiger partial charge >= 0.3 is 0 Å². The van der Waals surface area contributed by atoms with E-state index in [1.54, 1.807) is 17.9 Å². The Morgan fingerprint density at radius 1 is 1.41 bits per heavy atom. The summed E-state index contributed by atoms with van der Waals surface area (Å²) < 4.78 is 7.13. The van der Waals surface area contributed by atoms with E-state index in [0.29, 0.717) is 12.4 Å². The maximum absolute atomic E-state index is 5.57. The van der Waals surface area contributed by atoms with Gasteiger partial charge in [0, 0.05) is 23.5 Å². The highest BCUT2D eigenvalue weighted by Crippen LogP contribution is 2.24. The van der Waals surface area contributed by atoms with E-state index in [4.69, 9.17) is 10.5 Å². The molecule has 0 atom stereocenters. The molecule has 5 heteroatoms. The third-order valence-corrected chi connectivity index (χ3v) is 2.72. The summed E-state index contributed by atoms with van der Waals surface area (Å²) in [5.41, 5.74) is 8.59. The Bertz CT molecular complexity index is 533. The largest absolute Gasteiger partial charge is 0.496 e. The van der Waals surface area contributed by atoms with Gasteiger partial charge in [-0.05, 0) is 19.9 Å². The average Bonchev–Trinajstić information content (AvgIpc) is 2.69. The van der Waals surface area contributed by atoms with Crippen molar-refractivity contribution < 1.29 is 4.74 Å². The van der Waals surface area contributed by atoms with Crippen LogP contribution < -0.4 is 10.5 Å². The first-order chi connectivity index (χ1) is 8.11. The van der Waals surface area contributed by atoms with E-state index < -0.39 is 0 Å². The molecule has 5 nitrogen and oxygen atoms in total. The molecule has 0 aliphatic carbocycles. The van der Waals surface area contributed by atoms with Crippen molar-refractivity contribution in [3.63, 3.8) is 0 Å². The number of pyridine rings is 1. The standard InChI is InChI=1S/C12H16N4O/c1-8-6-14-10(9(2)12(8)17-3)7-16-5-4-11(13)15-16/h4-6H,7H2,1-3H3,(H2,13,15). The molecule has 2 aromatic rings. The van der Waals surface area contributed by atoms with Crippen LogP contribution in [0.2, 0.25) is 0 Å². The second-order valence-corrected chi connectivity index (χ2v) is 3.98. The van der Waals surface area contributed by atoms with Crippen molar-refractivity contribution in [3.8, 4) is 5.75 Å². The first-order valence-corrected chi connectivity index (χ1v) is 5.40. The van der Waals surface area contributed by atoms with Crippen LogP contribution in [0.3, 0.4) is 0 Å². The van der Waals surface area contributed by atoms with Crippen LogP contribution in [0.5, 0.6) is 5.75 Å². The molecule has 0 bridgehead atoms. The normalized spacial score (nSPS) is 10.5. The van der Waals surface area contributed by atoms with Crippen LogP contribution in [0.1, 0.15) is 16.8 Å². The molecule has 17 heavy (non-hydrogen) atoms. The van der Waals surface area contributed by atoms with E-state index in [1.165, 1.54) is 0 Å². The van der Waals surface area contributed by atoms with E-state index in [2.05, 4.69) is 10.1 Å². The van der Waals surface area contributed by atoms with Gasteiger partial charge in [-0.25, -0.2) is 0 Å². The Kier molecular flexibility index (Phi) is 2.99. The van der Waals surface area contributed by atoms with Gasteiger partial charge in [0.25, 0.3) is 0 Å². The van der Waals surface area contributed by atoms with Crippen LogP contribution >= 0.6 is 0 Å². The quantitative estimate of drug-likeness (QED) is 0.871. The number of nitrogens with zero attached hydrogens (tertiary/aromatic N) is 3. The Balaban J connectivity index is 2.33. The molecule has 0 saturated carbocycles. The zero-order chi connectivity index (χ0) is 12.4. The van der Waals surface area contributed by atoms with Crippen molar-refractivity contribution in [2.75, 3.05) is 12.8 Å². The fraction of sp³-hybridized carbons (Fsp3) is 0.333. The molecule has 0 unspecified atom stereocenters. The van der Waals surface area contributed by atoms with Crippen LogP contribution in [-0.2, 0) is 6.54 Å². The second kappa shape index (κ2) is 4.45. The van der Waals surface area contributed by atoms with Gasteiger partial charge in [0.15, 0.2) is 0 Å². The summed E-state index contributed by atoms with van der Waals surface area (Å²) in [6.45, 7) is 4.58. The molecule has 0 fully saturated rings. The highest BCUT2D eigenvalue weighted by molar-refractivity contribution is 5.41. The first kappa shape index (κ1) is 11.4. The molecule has 0 radical (unpaired) electrons. The fourth-order valence-corrected chi connectivity index (χ4v) is 1.85. The molecule has 0 aromatic carbocycles. The average molecular weight is 232 g/mol. The van der Waals surface area contributed by atoms with Gasteiger partial charge in [-0.15, -0.1) is 0 Å². The number of aromatic nitrogens is 3. The van der Waals surface area contributed by atoms with Gasteiger partial charge in [0.05, 0.1) is 19.3 Å². The molecule has 0 amide bonds. The number of anilines is 1. The number of hydrogen-bond donors (Lipinski definition) is 1. The van der Waals surface area contributed by atoms with Gasteiger partial charge in [-0.2, -0.15) is 5.10 Å². The van der Waals surface area contributed by atoms with Gasteiger partial charge < -0.3 is 10.5 Å². The minimum Gasteiger partial charge on any atom is -0.496 e. The van der Waals surface area contributed by atoms with E-state index in [0.717, 1.165) is 22.6 Å². The maximum Gasteiger partial charge on any atom is 0.145 e. The molecule has 90 valence electrons. The minimum absolute atomic E-state index is 0.515. The van der Waals surface area contributed by atoms with Gasteiger partial charge in [0.2, 0.25) is 0 Å². The van der Waals surface area contributed by atoms with Crippen molar-refractivity contribution in [1.29, 1.82) is 0 Å². The van der Waals surface area contributed by atoms with Crippen molar-refractivity contribution in [3.05, 3.63) is 35.3 Å². The molecule has 0 spiro atoms. The number of nitrogen functional groups attached to an aromatic ring is 1. The number of aryl methyl sites for hydroxylation is 1. The summed E-state index contributed by atoms with van der Waals surface area (Å²) in [7, 11) is 1.67. The number of methoxy groups -OCH3 is 1. The summed E-state index contributed by atoms with van der Waals surface area (Å²) >= 11 is 0. The van der Waals surface area contributed by atoms with E-state index in [9.17, 15) is 0 Å². The van der Waals surface area contributed by atoms with E-state index in [1.807, 2.05) is 26.2 Å². The highest BCUT2D eigenvalue weighted by Gasteiger charge is 2.10. The Labute approximate surface area is 100 Å². The second-order valence-electron chi connectivity index (χ2n) is 3.98. The fourth-order valence-electron chi connectivity index (χ4n) is 1.85. The lowest BCUT2D eigenvalue weighted by molar-refractivity contribution is 0.406. The van der Waals surface area contributed by atoms with Gasteiger partial charge in [-0.3, -0.25) is 9.67 Å². The molecular weight excluding hydrogens is 216 g/mol. The SMILES string of the molecule is COc1c(C)cnc(Cn2ccc(N)n2)c1C. The monoisotopic (exact) mass is 232 g/mol. The van der Waals surface area contributed by atoms with Crippen molar-refractivity contribution >= 4 is 5.82 Å². The third kappa shape index (κ3) is 2.22. The summed E-state index contributed by atoms with van der Waals surface area (Å²) in [5.74, 6) is 1.40. The topological polar surface area (TPSA) is 66.0 Å². The summed E-state index contributed by atoms with van der Waals surface area (Å²) in [5, 5.41) is 4.14. The van der Waals surface area contributed by atoms with Crippen molar-refractivity contribution in [1.82, 2.24) is 14.8 Å². The number of rotatable bonds is 3. The van der Waals surface area contributed by atoms with Crippen LogP contribution in [0, 0.1) is 13.8 Å². The molecule has 0 saturated heterocycles. The zero-order valence-corrected chi connectivity index (χ0v) is 10.3. The lowest BCUT2D eigenvalue weighted by Gasteiger charge is -2.12. The Hall–Kier alpha value is -2.04. The van der Waals surface area contributed by atoms with Crippen molar-refractivity contribution in [2.24, 2.45) is 0 Å². The number of nitrogens with two attached hydrogens (primary N) is 1. The number of hydrogen-bond acceptors (Lipinski definition) is 4. The van der Waals surface area contributed by atoms with Crippen molar-refractivity contribution in [2.45, 2.75) is 20.4 Å². The van der Waals surface area contributed by atoms with Crippen LogP contribution in [0.25, 0.3) is 0 Å². The minimum atomic E-state index is 0.515. The van der Waals surface area contributed by atoms with Crippen LogP contribution in [-0.4, -0.2) is 21.9 Å². The Morgan fingerprint density at radius 3 is 2.76 bits per heavy atom. The predicted octanol–water partition coefficient (Wildman–Crippen LogP) is 1.53. The molecule has 2 aromatic heterocycles. The zero-order valence-electron chi connectivity index (χ0n) is 10.3. The van der Waals surface area contributed by atoms with Gasteiger partial charge in [0.1, 0.15) is 11.6 Å². The molecule has 2 rings (SSSR count). The maximum atomic E-state index is 5.57. The highest BCUT2D eigenvalue weighted by atomic mass is 16.5. The molecule has 2 heterocycles. The van der Waals surface area contributed by atoms with E-state index >= 15 is 0 Å². The van der Waals surface area contributed by atoms with Crippen LogP contribution in [0.15, 0.2) is 18.5 Å². The molecular formula is C12H16N4O. The molecule has 2 N–H and O–H groups in total. The Morgan fingerprint density at radius 2 is 2.18 bits per heavy atom. The summed E-state index contributed by atoms with van der Waals surface area (Å²) in [4.78, 5) is 4.41. The predicted molar refractivity (Wildman–Crippen MR) is 66.0 cm³/mol. The smallest absolute Gasteiger partial charge is 0.145 e. The van der Waals surface area contributed by atoms with E-state index in [-0.39, 0.29) is 0 Å². The molecule has 0 aliphatic rings. The summed E-state index contributed by atoms with van der Waals surface area (Å²) in [6, 6.07) is 1.76. The molecule has 0 aliphatic heterocycles.